The van der Waals surface area contributed by atoms with Crippen molar-refractivity contribution in [3.8, 4) is 0 Å². The van der Waals surface area contributed by atoms with E-state index in [9.17, 15) is 26.8 Å². The number of amides is 1. The number of hydrogen-bond acceptors (Lipinski definition) is 7. The highest BCUT2D eigenvalue weighted by molar-refractivity contribution is 7.99. The molecule has 1 amide bonds. The average Bonchev–Trinajstić information content (AvgIpc) is 3.06. The van der Waals surface area contributed by atoms with Gasteiger partial charge in [0.15, 0.2) is 6.10 Å². The van der Waals surface area contributed by atoms with Crippen LogP contribution in [-0.2, 0) is 19.6 Å². The summed E-state index contributed by atoms with van der Waals surface area (Å²) in [6, 6.07) is 6.78. The molecule has 0 radical (unpaired) electrons. The molecule has 1 atom stereocenters. The summed E-state index contributed by atoms with van der Waals surface area (Å²) in [6.45, 7) is 1.33. The highest BCUT2D eigenvalue weighted by atomic mass is 32.2. The Labute approximate surface area is 161 Å². The zero-order valence-corrected chi connectivity index (χ0v) is 16.2. The Bertz CT molecular complexity index is 929. The topological polar surface area (TPSA) is 116 Å². The minimum absolute atomic E-state index is 0.0444. The van der Waals surface area contributed by atoms with Gasteiger partial charge in [-0.25, -0.2) is 18.4 Å². The number of benzene rings is 1. The van der Waals surface area contributed by atoms with E-state index in [1.165, 1.54) is 36.6 Å². The van der Waals surface area contributed by atoms with E-state index in [2.05, 4.69) is 5.32 Å². The van der Waals surface area contributed by atoms with Crippen LogP contribution in [0.25, 0.3) is 0 Å². The normalized spacial score (nSPS) is 12.6. The fraction of sp³-hybridized carbons (Fsp3) is 0.200. The number of carbonyl (C=O) groups excluding carboxylic acids is 2. The molecule has 1 aromatic carbocycles. The summed E-state index contributed by atoms with van der Waals surface area (Å²) in [5.74, 6) is -4.07. The molecule has 0 aliphatic rings. The molecule has 146 valence electrons. The van der Waals surface area contributed by atoms with Crippen LogP contribution < -0.4 is 10.5 Å². The number of alkyl halides is 2. The lowest BCUT2D eigenvalue weighted by molar-refractivity contribution is -0.123. The number of thioether (sulfide) groups is 1. The van der Waals surface area contributed by atoms with Gasteiger partial charge in [-0.1, -0.05) is 11.8 Å². The van der Waals surface area contributed by atoms with Crippen molar-refractivity contribution in [2.45, 2.75) is 27.9 Å². The summed E-state index contributed by atoms with van der Waals surface area (Å²) in [7, 11) is -3.93. The van der Waals surface area contributed by atoms with Gasteiger partial charge in [-0.2, -0.15) is 8.78 Å². The summed E-state index contributed by atoms with van der Waals surface area (Å²) >= 11 is 1.13. The van der Waals surface area contributed by atoms with E-state index in [1.807, 2.05) is 0 Å². The maximum absolute atomic E-state index is 12.3. The predicted octanol–water partition coefficient (Wildman–Crippen LogP) is 2.89. The zero-order chi connectivity index (χ0) is 20.2. The second-order valence-corrected chi connectivity index (χ2v) is 8.90. The van der Waals surface area contributed by atoms with Crippen molar-refractivity contribution in [1.82, 2.24) is 0 Å². The lowest BCUT2D eigenvalue weighted by atomic mass is 10.3. The Morgan fingerprint density at radius 2 is 1.89 bits per heavy atom. The molecule has 2 rings (SSSR count). The summed E-state index contributed by atoms with van der Waals surface area (Å²) in [5, 5.41) is 8.70. The molecule has 0 fully saturated rings. The van der Waals surface area contributed by atoms with Gasteiger partial charge >= 0.3 is 5.97 Å². The lowest BCUT2D eigenvalue weighted by Gasteiger charge is -2.13. The Hall–Kier alpha value is -2.02. The molecule has 27 heavy (non-hydrogen) atoms. The van der Waals surface area contributed by atoms with Crippen molar-refractivity contribution in [1.29, 1.82) is 0 Å². The van der Waals surface area contributed by atoms with Gasteiger partial charge < -0.3 is 10.1 Å². The van der Waals surface area contributed by atoms with E-state index in [0.717, 1.165) is 17.4 Å². The highest BCUT2D eigenvalue weighted by Gasteiger charge is 2.21. The van der Waals surface area contributed by atoms with Gasteiger partial charge in [0, 0.05) is 16.0 Å². The molecule has 1 unspecified atom stereocenters. The van der Waals surface area contributed by atoms with E-state index in [-0.39, 0.29) is 9.77 Å². The quantitative estimate of drug-likeness (QED) is 0.509. The van der Waals surface area contributed by atoms with Crippen molar-refractivity contribution in [3.05, 3.63) is 41.3 Å². The first-order chi connectivity index (χ1) is 12.6. The molecule has 0 aliphatic carbocycles. The first kappa shape index (κ1) is 21.3. The number of anilines is 1. The molecule has 0 spiro atoms. The van der Waals surface area contributed by atoms with Crippen molar-refractivity contribution < 1.29 is 31.5 Å². The molecule has 12 heteroatoms. The van der Waals surface area contributed by atoms with Crippen LogP contribution >= 0.6 is 23.1 Å². The van der Waals surface area contributed by atoms with Crippen LogP contribution in [0.1, 0.15) is 17.3 Å². The van der Waals surface area contributed by atoms with Gasteiger partial charge in [0.2, 0.25) is 10.0 Å². The molecule has 2 aromatic rings. The molecule has 0 saturated heterocycles. The maximum atomic E-state index is 12.3. The smallest absolute Gasteiger partial charge is 0.339 e. The Morgan fingerprint density at radius 1 is 1.26 bits per heavy atom. The molecule has 0 saturated carbocycles. The van der Waals surface area contributed by atoms with E-state index in [4.69, 9.17) is 9.88 Å². The molecule has 1 heterocycles. The van der Waals surface area contributed by atoms with Crippen LogP contribution in [0.2, 0.25) is 0 Å². The number of esters is 1. The van der Waals surface area contributed by atoms with Gasteiger partial charge in [-0.05, 0) is 37.3 Å². The molecule has 1 aromatic heterocycles. The summed E-state index contributed by atoms with van der Waals surface area (Å²) in [5.41, 5.74) is 0.297. The number of primary sulfonamides is 1. The maximum Gasteiger partial charge on any atom is 0.339 e. The van der Waals surface area contributed by atoms with Crippen molar-refractivity contribution in [2.24, 2.45) is 5.14 Å². The molecule has 0 bridgehead atoms. The SMILES string of the molecule is CC(OC(=O)c1csc(S(N)(=O)=O)c1)C(=O)Nc1ccc(SC(F)F)cc1. The zero-order valence-electron chi connectivity index (χ0n) is 13.7. The number of hydrogen-bond donors (Lipinski definition) is 2. The second-order valence-electron chi connectivity index (χ2n) is 5.14. The first-order valence-corrected chi connectivity index (χ1v) is 10.5. The van der Waals surface area contributed by atoms with Crippen LogP contribution in [0.4, 0.5) is 14.5 Å². The number of nitrogens with two attached hydrogens (primary N) is 1. The minimum Gasteiger partial charge on any atom is -0.449 e. The van der Waals surface area contributed by atoms with Crippen LogP contribution in [-0.4, -0.2) is 32.2 Å². The van der Waals surface area contributed by atoms with E-state index >= 15 is 0 Å². The number of carbonyl (C=O) groups is 2. The molecule has 3 N–H and O–H groups in total. The monoisotopic (exact) mass is 436 g/mol. The third kappa shape index (κ3) is 6.27. The highest BCUT2D eigenvalue weighted by Crippen LogP contribution is 2.26. The number of halogens is 2. The Balaban J connectivity index is 1.95. The Kier molecular flexibility index (Phi) is 6.92. The van der Waals surface area contributed by atoms with Gasteiger partial charge in [-0.3, -0.25) is 4.79 Å². The van der Waals surface area contributed by atoms with Crippen LogP contribution in [0, 0.1) is 0 Å². The fourth-order valence-electron chi connectivity index (χ4n) is 1.82. The van der Waals surface area contributed by atoms with Crippen molar-refractivity contribution >= 4 is 50.7 Å². The van der Waals surface area contributed by atoms with E-state index in [1.54, 1.807) is 0 Å². The largest absolute Gasteiger partial charge is 0.449 e. The minimum atomic E-state index is -3.93. The van der Waals surface area contributed by atoms with Gasteiger partial charge in [0.05, 0.1) is 5.56 Å². The third-order valence-electron chi connectivity index (χ3n) is 3.09. The number of thiophene rings is 1. The lowest BCUT2D eigenvalue weighted by Crippen LogP contribution is -2.29. The Morgan fingerprint density at radius 3 is 2.41 bits per heavy atom. The molecule has 0 aliphatic heterocycles. The molecular formula is C15H14F2N2O5S3. The van der Waals surface area contributed by atoms with Gasteiger partial charge in [0.1, 0.15) is 4.21 Å². The third-order valence-corrected chi connectivity index (χ3v) is 6.20. The van der Waals surface area contributed by atoms with E-state index in [0.29, 0.717) is 22.3 Å². The second kappa shape index (κ2) is 8.78. The summed E-state index contributed by atoms with van der Waals surface area (Å²) < 4.78 is 51.8. The van der Waals surface area contributed by atoms with Gasteiger partial charge in [-0.15, -0.1) is 11.3 Å². The van der Waals surface area contributed by atoms with E-state index < -0.39 is 33.8 Å². The van der Waals surface area contributed by atoms with Crippen molar-refractivity contribution in [2.75, 3.05) is 5.32 Å². The fourth-order valence-corrected chi connectivity index (χ4v) is 3.89. The number of ether oxygens (including phenoxy) is 1. The van der Waals surface area contributed by atoms with Gasteiger partial charge in [0.25, 0.3) is 11.7 Å². The summed E-state index contributed by atoms with van der Waals surface area (Å²) in [4.78, 5) is 24.4. The molecular weight excluding hydrogens is 422 g/mol. The van der Waals surface area contributed by atoms with Crippen LogP contribution in [0.3, 0.4) is 0 Å². The summed E-state index contributed by atoms with van der Waals surface area (Å²) in [6.07, 6.45) is -1.18. The van der Waals surface area contributed by atoms with Crippen LogP contribution in [0.5, 0.6) is 0 Å². The number of rotatable bonds is 7. The molecule has 7 nitrogen and oxygen atoms in total. The first-order valence-electron chi connectivity index (χ1n) is 7.24. The standard InChI is InChI=1S/C15H14F2N2O5S3/c1-8(24-14(21)9-6-12(25-7-9)27(18,22)23)13(20)19-10-2-4-11(5-3-10)26-15(16)17/h2-8,15H,1H3,(H,19,20)(H2,18,22,23). The number of nitrogens with one attached hydrogen (secondary N) is 1. The predicted molar refractivity (Wildman–Crippen MR) is 97.5 cm³/mol. The van der Waals surface area contributed by atoms with Crippen LogP contribution in [0.15, 0.2) is 44.8 Å². The van der Waals surface area contributed by atoms with Crippen molar-refractivity contribution in [3.63, 3.8) is 0 Å². The average molecular weight is 436 g/mol. The number of sulfonamides is 1.